The van der Waals surface area contributed by atoms with Crippen LogP contribution in [-0.2, 0) is 9.53 Å². The van der Waals surface area contributed by atoms with Crippen LogP contribution in [0.3, 0.4) is 0 Å². The molecule has 0 aromatic rings. The number of aliphatic carboxylic acids is 1. The van der Waals surface area contributed by atoms with E-state index in [9.17, 15) is 9.59 Å². The Kier molecular flexibility index (Phi) is 22.7. The Bertz CT molecular complexity index is 145. The lowest BCUT2D eigenvalue weighted by Gasteiger charge is -1.89. The number of primary amides is 1. The van der Waals surface area contributed by atoms with Crippen molar-refractivity contribution in [2.24, 2.45) is 5.73 Å². The number of nitrogens with two attached hydrogens (primary N) is 1. The van der Waals surface area contributed by atoms with E-state index in [0.717, 1.165) is 6.08 Å². The van der Waals surface area contributed by atoms with Gasteiger partial charge in [-0.1, -0.05) is 20.4 Å². The molecule has 5 nitrogen and oxygen atoms in total. The molecule has 0 saturated heterocycles. The lowest BCUT2D eigenvalue weighted by Crippen LogP contribution is -2.11. The van der Waals surface area contributed by atoms with Crippen LogP contribution < -0.4 is 5.73 Å². The van der Waals surface area contributed by atoms with Crippen molar-refractivity contribution in [2.75, 3.05) is 6.61 Å². The molecule has 0 rings (SSSR count). The predicted octanol–water partition coefficient (Wildman–Crippen LogP) is 1.38. The van der Waals surface area contributed by atoms with Gasteiger partial charge in [0.15, 0.2) is 0 Å². The van der Waals surface area contributed by atoms with Gasteiger partial charge in [0.1, 0.15) is 0 Å². The fourth-order valence-electron chi connectivity index (χ4n) is 0.142. The van der Waals surface area contributed by atoms with Gasteiger partial charge in [-0.2, -0.15) is 0 Å². The van der Waals surface area contributed by atoms with Crippen molar-refractivity contribution in [3.05, 3.63) is 12.7 Å². The van der Waals surface area contributed by atoms with E-state index >= 15 is 0 Å². The SMILES string of the molecule is C=CC(=O)O.CC.CCOC(N)=O. The molecule has 78 valence electrons. The molecule has 0 aromatic heterocycles. The first-order chi connectivity index (χ1) is 6.04. The maximum atomic E-state index is 9.60. The third kappa shape index (κ3) is 62.2. The number of rotatable bonds is 2. The molecule has 0 aliphatic rings. The van der Waals surface area contributed by atoms with Gasteiger partial charge in [0.25, 0.3) is 0 Å². The number of amides is 1. The molecule has 0 atom stereocenters. The highest BCUT2D eigenvalue weighted by Gasteiger charge is 1.82. The zero-order chi connectivity index (χ0) is 11.3. The van der Waals surface area contributed by atoms with Crippen LogP contribution in [-0.4, -0.2) is 23.8 Å². The van der Waals surface area contributed by atoms with Crippen LogP contribution >= 0.6 is 0 Å². The van der Waals surface area contributed by atoms with Crippen molar-refractivity contribution in [1.82, 2.24) is 0 Å². The van der Waals surface area contributed by atoms with Crippen molar-refractivity contribution in [1.29, 1.82) is 0 Å². The van der Waals surface area contributed by atoms with Gasteiger partial charge in [-0.15, -0.1) is 0 Å². The van der Waals surface area contributed by atoms with Crippen molar-refractivity contribution in [3.8, 4) is 0 Å². The monoisotopic (exact) mass is 191 g/mol. The summed E-state index contributed by atoms with van der Waals surface area (Å²) in [6.07, 6.45) is 0.123. The number of hydrogen-bond acceptors (Lipinski definition) is 3. The number of carbonyl (C=O) groups is 2. The summed E-state index contributed by atoms with van der Waals surface area (Å²) in [6, 6.07) is 0. The van der Waals surface area contributed by atoms with E-state index in [1.54, 1.807) is 6.92 Å². The molecule has 0 aliphatic carbocycles. The normalized spacial score (nSPS) is 6.38. The van der Waals surface area contributed by atoms with Gasteiger partial charge >= 0.3 is 12.1 Å². The Hall–Kier alpha value is -1.52. The number of carboxylic acids is 1. The highest BCUT2D eigenvalue weighted by Crippen LogP contribution is 1.66. The predicted molar refractivity (Wildman–Crippen MR) is 50.4 cm³/mol. The smallest absolute Gasteiger partial charge is 0.404 e. The third-order valence-electron chi connectivity index (χ3n) is 0.461. The molecule has 0 spiro atoms. The molecule has 0 aromatic carbocycles. The molecule has 1 amide bonds. The van der Waals surface area contributed by atoms with Gasteiger partial charge in [0.05, 0.1) is 6.61 Å². The number of carboxylic acid groups (broad SMARTS) is 1. The quantitative estimate of drug-likeness (QED) is 0.645. The summed E-state index contributed by atoms with van der Waals surface area (Å²) < 4.78 is 4.18. The van der Waals surface area contributed by atoms with Gasteiger partial charge in [-0.25, -0.2) is 9.59 Å². The van der Waals surface area contributed by atoms with Crippen molar-refractivity contribution in [3.63, 3.8) is 0 Å². The standard InChI is InChI=1S/C3H7NO2.C3H4O2.C2H6/c1-2-6-3(4)5;1-2-3(4)5;1-2/h2H2,1H3,(H2,4,5);2H,1H2,(H,4,5);1-2H3. The summed E-state index contributed by atoms with van der Waals surface area (Å²) >= 11 is 0. The number of hydrogen-bond donors (Lipinski definition) is 2. The lowest BCUT2D eigenvalue weighted by atomic mass is 10.7. The highest BCUT2D eigenvalue weighted by atomic mass is 16.5. The molecule has 3 N–H and O–H groups in total. The minimum Gasteiger partial charge on any atom is -0.478 e. The zero-order valence-corrected chi connectivity index (χ0v) is 8.24. The molecular formula is C8H17NO4. The van der Waals surface area contributed by atoms with Crippen LogP contribution in [0.2, 0.25) is 0 Å². The van der Waals surface area contributed by atoms with Crippen LogP contribution in [0.4, 0.5) is 4.79 Å². The Balaban J connectivity index is -0.000000131. The summed E-state index contributed by atoms with van der Waals surface area (Å²) in [4.78, 5) is 18.8. The van der Waals surface area contributed by atoms with Crippen LogP contribution in [0.5, 0.6) is 0 Å². The molecule has 0 unspecified atom stereocenters. The number of ether oxygens (including phenoxy) is 1. The fraction of sp³-hybridized carbons (Fsp3) is 0.500. The summed E-state index contributed by atoms with van der Waals surface area (Å²) in [6.45, 7) is 9.02. The average molecular weight is 191 g/mol. The van der Waals surface area contributed by atoms with E-state index in [1.165, 1.54) is 0 Å². The molecule has 0 bridgehead atoms. The maximum absolute atomic E-state index is 9.60. The highest BCUT2D eigenvalue weighted by molar-refractivity contribution is 5.78. The summed E-state index contributed by atoms with van der Waals surface area (Å²) in [5, 5.41) is 7.60. The second kappa shape index (κ2) is 16.8. The Morgan fingerprint density at radius 3 is 1.85 bits per heavy atom. The Labute approximate surface area is 78.2 Å². The lowest BCUT2D eigenvalue weighted by molar-refractivity contribution is -0.131. The van der Waals surface area contributed by atoms with Crippen LogP contribution in [0, 0.1) is 0 Å². The molecule has 0 aliphatic heterocycles. The van der Waals surface area contributed by atoms with Crippen LogP contribution in [0.1, 0.15) is 20.8 Å². The third-order valence-corrected chi connectivity index (χ3v) is 0.461. The van der Waals surface area contributed by atoms with E-state index in [1.807, 2.05) is 13.8 Å². The van der Waals surface area contributed by atoms with E-state index in [4.69, 9.17) is 5.11 Å². The van der Waals surface area contributed by atoms with Crippen LogP contribution in [0.15, 0.2) is 12.7 Å². The van der Waals surface area contributed by atoms with Gasteiger partial charge in [-0.05, 0) is 6.92 Å². The molecule has 0 heterocycles. The molecule has 0 saturated carbocycles. The van der Waals surface area contributed by atoms with E-state index in [-0.39, 0.29) is 0 Å². The van der Waals surface area contributed by atoms with Gasteiger partial charge in [-0.3, -0.25) is 0 Å². The molecule has 0 fully saturated rings. The number of carbonyl (C=O) groups excluding carboxylic acids is 1. The van der Waals surface area contributed by atoms with Crippen molar-refractivity contribution < 1.29 is 19.4 Å². The average Bonchev–Trinajstić information content (AvgIpc) is 2.09. The first-order valence-corrected chi connectivity index (χ1v) is 3.82. The maximum Gasteiger partial charge on any atom is 0.404 e. The first-order valence-electron chi connectivity index (χ1n) is 3.82. The minimum atomic E-state index is -0.981. The molecular weight excluding hydrogens is 174 g/mol. The van der Waals surface area contributed by atoms with E-state index < -0.39 is 12.1 Å². The second-order valence-corrected chi connectivity index (χ2v) is 1.29. The van der Waals surface area contributed by atoms with Crippen molar-refractivity contribution in [2.45, 2.75) is 20.8 Å². The first kappa shape index (κ1) is 17.5. The van der Waals surface area contributed by atoms with E-state index in [2.05, 4.69) is 17.0 Å². The topological polar surface area (TPSA) is 89.6 Å². The van der Waals surface area contributed by atoms with Gasteiger partial charge in [0.2, 0.25) is 0 Å². The fourth-order valence-corrected chi connectivity index (χ4v) is 0.142. The van der Waals surface area contributed by atoms with Crippen LogP contribution in [0.25, 0.3) is 0 Å². The Morgan fingerprint density at radius 1 is 1.54 bits per heavy atom. The summed E-state index contributed by atoms with van der Waals surface area (Å²) in [5.41, 5.74) is 4.54. The minimum absolute atomic E-state index is 0.356. The Morgan fingerprint density at radius 2 is 1.85 bits per heavy atom. The molecule has 0 radical (unpaired) electrons. The van der Waals surface area contributed by atoms with Gasteiger partial charge < -0.3 is 15.6 Å². The largest absolute Gasteiger partial charge is 0.478 e. The zero-order valence-electron chi connectivity index (χ0n) is 8.24. The second-order valence-electron chi connectivity index (χ2n) is 1.29. The molecule has 13 heavy (non-hydrogen) atoms. The van der Waals surface area contributed by atoms with E-state index in [0.29, 0.717) is 6.61 Å². The summed E-state index contributed by atoms with van der Waals surface area (Å²) in [7, 11) is 0. The van der Waals surface area contributed by atoms with Gasteiger partial charge in [0, 0.05) is 6.08 Å². The van der Waals surface area contributed by atoms with Crippen molar-refractivity contribution >= 4 is 12.1 Å². The molecule has 5 heteroatoms. The summed E-state index contributed by atoms with van der Waals surface area (Å²) in [5.74, 6) is -0.981.